The zero-order chi connectivity index (χ0) is 15.4. The Kier molecular flexibility index (Phi) is 5.44. The molecule has 2 N–H and O–H groups in total. The maximum absolute atomic E-state index is 11.6. The first kappa shape index (κ1) is 16.4. The van der Waals surface area contributed by atoms with E-state index >= 15 is 0 Å². The number of thiocarbonyl (C=S) groups is 1. The van der Waals surface area contributed by atoms with Gasteiger partial charge in [-0.1, -0.05) is 12.2 Å². The Morgan fingerprint density at radius 2 is 2.10 bits per heavy atom. The van der Waals surface area contributed by atoms with Crippen LogP contribution in [-0.4, -0.2) is 35.6 Å². The van der Waals surface area contributed by atoms with Gasteiger partial charge in [0.25, 0.3) is 0 Å². The highest BCUT2D eigenvalue weighted by Gasteiger charge is 2.21. The molecule has 1 aromatic heterocycles. The lowest BCUT2D eigenvalue weighted by atomic mass is 10.1. The molecule has 0 spiro atoms. The predicted molar refractivity (Wildman–Crippen MR) is 84.1 cm³/mol. The summed E-state index contributed by atoms with van der Waals surface area (Å²) in [6.45, 7) is 7.90. The van der Waals surface area contributed by atoms with E-state index in [4.69, 9.17) is 22.7 Å². The van der Waals surface area contributed by atoms with Crippen LogP contribution in [0.15, 0.2) is 6.07 Å². The fourth-order valence-corrected chi connectivity index (χ4v) is 2.34. The second-order valence-corrected chi connectivity index (χ2v) is 5.35. The number of aromatic nitrogens is 1. The van der Waals surface area contributed by atoms with Gasteiger partial charge < -0.3 is 15.4 Å². The van der Waals surface area contributed by atoms with Gasteiger partial charge in [0.05, 0.1) is 18.4 Å². The van der Waals surface area contributed by atoms with Crippen molar-refractivity contribution < 1.29 is 9.53 Å². The van der Waals surface area contributed by atoms with Gasteiger partial charge in [-0.2, -0.15) is 0 Å². The smallest absolute Gasteiger partial charge is 0.325 e. The molecule has 5 nitrogen and oxygen atoms in total. The molecule has 0 unspecified atom stereocenters. The van der Waals surface area contributed by atoms with Crippen molar-refractivity contribution in [2.45, 2.75) is 33.7 Å². The van der Waals surface area contributed by atoms with Crippen molar-refractivity contribution in [1.82, 2.24) is 4.98 Å². The van der Waals surface area contributed by atoms with Crippen LogP contribution in [0.25, 0.3) is 0 Å². The first-order valence-electron chi connectivity index (χ1n) is 6.39. The van der Waals surface area contributed by atoms with Crippen molar-refractivity contribution in [3.63, 3.8) is 0 Å². The second kappa shape index (κ2) is 6.65. The third-order valence-electron chi connectivity index (χ3n) is 3.01. The molecule has 6 heteroatoms. The third-order valence-corrected chi connectivity index (χ3v) is 3.22. The van der Waals surface area contributed by atoms with Crippen LogP contribution in [0.4, 0.5) is 5.69 Å². The zero-order valence-corrected chi connectivity index (χ0v) is 13.4. The molecule has 0 amide bonds. The van der Waals surface area contributed by atoms with Crippen LogP contribution >= 0.6 is 12.2 Å². The van der Waals surface area contributed by atoms with Gasteiger partial charge in [0, 0.05) is 17.4 Å². The zero-order valence-electron chi connectivity index (χ0n) is 12.6. The molecule has 1 aromatic rings. The van der Waals surface area contributed by atoms with E-state index in [1.807, 2.05) is 38.7 Å². The number of nitrogens with two attached hydrogens (primary N) is 1. The largest absolute Gasteiger partial charge is 0.468 e. The minimum atomic E-state index is -0.306. The molecular weight excluding hydrogens is 274 g/mol. The molecule has 1 heterocycles. The number of carbonyl (C=O) groups is 1. The fraction of sp³-hybridized carbons (Fsp3) is 0.500. The highest BCUT2D eigenvalue weighted by molar-refractivity contribution is 7.80. The number of esters is 1. The fourth-order valence-electron chi connectivity index (χ4n) is 2.09. The number of ether oxygens (including phenoxy) is 1. The standard InChI is InChI=1S/C14H21N3O2S/c1-8(2)17(7-12(18)19-5)11-6-9(3)16-10(4)13(11)14(15)20/h6,8H,7H2,1-5H3,(H2,15,20). The summed E-state index contributed by atoms with van der Waals surface area (Å²) in [6.07, 6.45) is 0. The number of methoxy groups -OCH3 is 1. The van der Waals surface area contributed by atoms with Gasteiger partial charge in [-0.15, -0.1) is 0 Å². The molecule has 0 aromatic carbocycles. The van der Waals surface area contributed by atoms with Crippen LogP contribution in [-0.2, 0) is 9.53 Å². The number of nitrogens with zero attached hydrogens (tertiary/aromatic N) is 2. The Bertz CT molecular complexity index is 529. The summed E-state index contributed by atoms with van der Waals surface area (Å²) in [5.74, 6) is -0.306. The molecule has 0 bridgehead atoms. The highest BCUT2D eigenvalue weighted by atomic mass is 32.1. The molecule has 0 aliphatic carbocycles. The summed E-state index contributed by atoms with van der Waals surface area (Å²) in [7, 11) is 1.37. The van der Waals surface area contributed by atoms with Crippen molar-refractivity contribution in [3.05, 3.63) is 23.0 Å². The summed E-state index contributed by atoms with van der Waals surface area (Å²) < 4.78 is 4.75. The predicted octanol–water partition coefficient (Wildman–Crippen LogP) is 1.72. The van der Waals surface area contributed by atoms with E-state index < -0.39 is 0 Å². The summed E-state index contributed by atoms with van der Waals surface area (Å²) >= 11 is 5.12. The monoisotopic (exact) mass is 295 g/mol. The van der Waals surface area contributed by atoms with E-state index in [9.17, 15) is 4.79 Å². The van der Waals surface area contributed by atoms with Gasteiger partial charge in [0.2, 0.25) is 0 Å². The van der Waals surface area contributed by atoms with Crippen molar-refractivity contribution in [2.75, 3.05) is 18.6 Å². The first-order chi connectivity index (χ1) is 9.27. The Morgan fingerprint density at radius 1 is 1.50 bits per heavy atom. The minimum absolute atomic E-state index is 0.100. The van der Waals surface area contributed by atoms with Gasteiger partial charge in [-0.05, 0) is 33.8 Å². The molecule has 110 valence electrons. The molecule has 20 heavy (non-hydrogen) atoms. The number of pyridine rings is 1. The molecule has 0 saturated heterocycles. The number of carbonyl (C=O) groups excluding carboxylic acids is 1. The SMILES string of the molecule is COC(=O)CN(c1cc(C)nc(C)c1C(N)=S)C(C)C. The van der Waals surface area contributed by atoms with E-state index in [0.29, 0.717) is 5.56 Å². The molecule has 0 atom stereocenters. The molecular formula is C14H21N3O2S. The van der Waals surface area contributed by atoms with E-state index in [1.54, 1.807) is 0 Å². The van der Waals surface area contributed by atoms with E-state index in [1.165, 1.54) is 7.11 Å². The van der Waals surface area contributed by atoms with Gasteiger partial charge in [-0.3, -0.25) is 9.78 Å². The maximum Gasteiger partial charge on any atom is 0.325 e. The van der Waals surface area contributed by atoms with Crippen LogP contribution in [0.1, 0.15) is 30.8 Å². The second-order valence-electron chi connectivity index (χ2n) is 4.91. The number of hydrogen-bond acceptors (Lipinski definition) is 5. The summed E-state index contributed by atoms with van der Waals surface area (Å²) in [4.78, 5) is 18.2. The number of hydrogen-bond donors (Lipinski definition) is 1. The Labute approximate surface area is 125 Å². The maximum atomic E-state index is 11.6. The third kappa shape index (κ3) is 3.66. The Morgan fingerprint density at radius 3 is 2.55 bits per heavy atom. The number of aryl methyl sites for hydroxylation is 2. The molecule has 0 radical (unpaired) electrons. The molecule has 0 aliphatic rings. The van der Waals surface area contributed by atoms with Crippen LogP contribution in [0, 0.1) is 13.8 Å². The van der Waals surface area contributed by atoms with Gasteiger partial charge in [-0.25, -0.2) is 0 Å². The van der Waals surface area contributed by atoms with Crippen LogP contribution in [0.3, 0.4) is 0 Å². The van der Waals surface area contributed by atoms with E-state index in [2.05, 4.69) is 4.98 Å². The molecule has 0 saturated carbocycles. The lowest BCUT2D eigenvalue weighted by Crippen LogP contribution is -2.38. The lowest BCUT2D eigenvalue weighted by Gasteiger charge is -2.30. The topological polar surface area (TPSA) is 68.5 Å². The van der Waals surface area contributed by atoms with Crippen molar-refractivity contribution in [1.29, 1.82) is 0 Å². The average molecular weight is 295 g/mol. The van der Waals surface area contributed by atoms with Crippen LogP contribution in [0.2, 0.25) is 0 Å². The molecule has 0 aliphatic heterocycles. The lowest BCUT2D eigenvalue weighted by molar-refractivity contribution is -0.139. The van der Waals surface area contributed by atoms with Gasteiger partial charge in [0.15, 0.2) is 0 Å². The number of anilines is 1. The molecule has 0 fully saturated rings. The van der Waals surface area contributed by atoms with Crippen molar-refractivity contribution in [3.8, 4) is 0 Å². The van der Waals surface area contributed by atoms with Gasteiger partial charge >= 0.3 is 5.97 Å². The van der Waals surface area contributed by atoms with Crippen molar-refractivity contribution >= 4 is 28.9 Å². The van der Waals surface area contributed by atoms with E-state index in [0.717, 1.165) is 17.1 Å². The molecule has 1 rings (SSSR count). The summed E-state index contributed by atoms with van der Waals surface area (Å²) in [6, 6.07) is 1.99. The van der Waals surface area contributed by atoms with Crippen LogP contribution in [0.5, 0.6) is 0 Å². The van der Waals surface area contributed by atoms with Crippen molar-refractivity contribution in [2.24, 2.45) is 5.73 Å². The Hall–Kier alpha value is -1.69. The van der Waals surface area contributed by atoms with Gasteiger partial charge in [0.1, 0.15) is 11.5 Å². The quantitative estimate of drug-likeness (QED) is 0.659. The van der Waals surface area contributed by atoms with Crippen LogP contribution < -0.4 is 10.6 Å². The minimum Gasteiger partial charge on any atom is -0.468 e. The normalized spacial score (nSPS) is 10.5. The summed E-state index contributed by atoms with van der Waals surface area (Å²) in [5.41, 5.74) is 8.97. The highest BCUT2D eigenvalue weighted by Crippen LogP contribution is 2.25. The number of rotatable bonds is 5. The van der Waals surface area contributed by atoms with E-state index in [-0.39, 0.29) is 23.5 Å². The Balaban J connectivity index is 3.38. The average Bonchev–Trinajstić information content (AvgIpc) is 2.33. The first-order valence-corrected chi connectivity index (χ1v) is 6.80. The summed E-state index contributed by atoms with van der Waals surface area (Å²) in [5, 5.41) is 0.